The second kappa shape index (κ2) is 10.6. The van der Waals surface area contributed by atoms with Gasteiger partial charge in [-0.25, -0.2) is 0 Å². The molecule has 2 aromatic heterocycles. The number of rotatable bonds is 7. The molecule has 0 aliphatic rings. The minimum absolute atomic E-state index is 0.373. The molecule has 8 heteroatoms. The second-order valence-electron chi connectivity index (χ2n) is 9.71. The first kappa shape index (κ1) is 25.8. The van der Waals surface area contributed by atoms with Crippen LogP contribution in [0.4, 0.5) is 0 Å². The molecule has 0 aliphatic heterocycles. The van der Waals surface area contributed by atoms with Crippen LogP contribution in [0.1, 0.15) is 11.1 Å². The third kappa shape index (κ3) is 4.98. The zero-order valence-electron chi connectivity index (χ0n) is 23.0. The predicted molar refractivity (Wildman–Crippen MR) is 166 cm³/mol. The van der Waals surface area contributed by atoms with E-state index in [4.69, 9.17) is 20.3 Å². The highest BCUT2D eigenvalue weighted by molar-refractivity contribution is 6.01. The average Bonchev–Trinajstić information content (AvgIpc) is 3.64. The average molecular weight is 543 g/mol. The van der Waals surface area contributed by atoms with Gasteiger partial charge in [0.25, 0.3) is 0 Å². The standard InChI is InChI=1S/C33H30N6O2/c1-36-32(34)22-6-4-20-14-27(38-28(20)16-22)19-8-10-24(11-9-19)41-25-12-13-26(31(18-25)40-3)30-15-21-5-7-23(33(35)37-2)17-29(21)39-30/h4-18,38-39H,1-3H3,(H2,34,36)(H2,35,37). The van der Waals surface area contributed by atoms with E-state index < -0.39 is 0 Å². The number of aromatic nitrogens is 2. The van der Waals surface area contributed by atoms with Gasteiger partial charge in [-0.15, -0.1) is 0 Å². The lowest BCUT2D eigenvalue weighted by Crippen LogP contribution is -2.17. The minimum Gasteiger partial charge on any atom is -0.496 e. The van der Waals surface area contributed by atoms with Crippen LogP contribution < -0.4 is 20.1 Å². The Morgan fingerprint density at radius 1 is 0.634 bits per heavy atom. The predicted octanol–water partition coefficient (Wildman–Crippen LogP) is 6.87. The van der Waals surface area contributed by atoms with Crippen molar-refractivity contribution in [3.05, 3.63) is 102 Å². The fourth-order valence-electron chi connectivity index (χ4n) is 4.95. The molecule has 6 aromatic rings. The number of hydrogen-bond donors (Lipinski definition) is 6. The summed E-state index contributed by atoms with van der Waals surface area (Å²) < 4.78 is 11.9. The maximum Gasteiger partial charge on any atom is 0.131 e. The number of benzene rings is 4. The monoisotopic (exact) mass is 542 g/mol. The molecule has 0 atom stereocenters. The molecule has 0 radical (unpaired) electrons. The molecule has 41 heavy (non-hydrogen) atoms. The summed E-state index contributed by atoms with van der Waals surface area (Å²) in [5, 5.41) is 24.0. The van der Waals surface area contributed by atoms with E-state index in [0.29, 0.717) is 23.2 Å². The van der Waals surface area contributed by atoms with Crippen molar-refractivity contribution >= 4 is 33.5 Å². The number of fused-ring (bicyclic) bond motifs is 2. The summed E-state index contributed by atoms with van der Waals surface area (Å²) >= 11 is 0. The lowest BCUT2D eigenvalue weighted by Gasteiger charge is -2.11. The number of hydrogen-bond acceptors (Lipinski definition) is 4. The lowest BCUT2D eigenvalue weighted by atomic mass is 10.1. The van der Waals surface area contributed by atoms with Gasteiger partial charge in [-0.3, -0.25) is 10.8 Å². The Balaban J connectivity index is 1.21. The molecule has 0 bridgehead atoms. The Bertz CT molecular complexity index is 1920. The summed E-state index contributed by atoms with van der Waals surface area (Å²) in [4.78, 5) is 6.92. The number of ether oxygens (including phenoxy) is 2. The summed E-state index contributed by atoms with van der Waals surface area (Å²) in [6.07, 6.45) is 0. The first-order valence-corrected chi connectivity index (χ1v) is 13.2. The highest BCUT2D eigenvalue weighted by Gasteiger charge is 2.13. The van der Waals surface area contributed by atoms with Gasteiger partial charge in [0.2, 0.25) is 0 Å². The van der Waals surface area contributed by atoms with E-state index in [9.17, 15) is 0 Å². The molecule has 6 N–H and O–H groups in total. The van der Waals surface area contributed by atoms with E-state index in [1.54, 1.807) is 21.2 Å². The van der Waals surface area contributed by atoms with Crippen LogP contribution in [0.15, 0.2) is 91.0 Å². The molecule has 0 amide bonds. The van der Waals surface area contributed by atoms with Gasteiger partial charge in [0.05, 0.1) is 12.8 Å². The van der Waals surface area contributed by atoms with Crippen LogP contribution in [0.3, 0.4) is 0 Å². The van der Waals surface area contributed by atoms with Gasteiger partial charge in [0.1, 0.15) is 28.9 Å². The minimum atomic E-state index is 0.373. The van der Waals surface area contributed by atoms with E-state index in [-0.39, 0.29) is 0 Å². The van der Waals surface area contributed by atoms with Gasteiger partial charge >= 0.3 is 0 Å². The van der Waals surface area contributed by atoms with Gasteiger partial charge in [-0.1, -0.05) is 24.3 Å². The molecule has 0 saturated heterocycles. The highest BCUT2D eigenvalue weighted by atomic mass is 16.5. The first-order valence-electron chi connectivity index (χ1n) is 13.2. The van der Waals surface area contributed by atoms with Crippen molar-refractivity contribution < 1.29 is 9.47 Å². The van der Waals surface area contributed by atoms with Crippen molar-refractivity contribution in [2.45, 2.75) is 0 Å². The van der Waals surface area contributed by atoms with Crippen LogP contribution in [-0.2, 0) is 0 Å². The third-order valence-corrected chi connectivity index (χ3v) is 7.19. The lowest BCUT2D eigenvalue weighted by molar-refractivity contribution is 0.410. The van der Waals surface area contributed by atoms with Crippen LogP contribution in [-0.4, -0.2) is 42.8 Å². The summed E-state index contributed by atoms with van der Waals surface area (Å²) in [5.41, 5.74) is 7.48. The van der Waals surface area contributed by atoms with Crippen molar-refractivity contribution in [2.24, 2.45) is 0 Å². The molecule has 0 saturated carbocycles. The topological polar surface area (TPSA) is 122 Å². The SMILES string of the molecule is CNC(=N)c1ccc2cc(-c3ccc(Oc4ccc(-c5cc6ccc(C(=N)NC)cc6[nH]5)c(OC)c4)cc3)[nH]c2c1. The molecule has 2 heterocycles. The molecule has 204 valence electrons. The highest BCUT2D eigenvalue weighted by Crippen LogP contribution is 2.36. The molecule has 8 nitrogen and oxygen atoms in total. The molecular weight excluding hydrogens is 512 g/mol. The second-order valence-corrected chi connectivity index (χ2v) is 9.71. The van der Waals surface area contributed by atoms with Crippen LogP contribution in [0.25, 0.3) is 44.3 Å². The van der Waals surface area contributed by atoms with Crippen LogP contribution in [0, 0.1) is 10.8 Å². The van der Waals surface area contributed by atoms with Crippen molar-refractivity contribution in [1.82, 2.24) is 20.6 Å². The molecule has 6 rings (SSSR count). The summed E-state index contributed by atoms with van der Waals surface area (Å²) in [7, 11) is 5.14. The quantitative estimate of drug-likeness (QED) is 0.0973. The van der Waals surface area contributed by atoms with Gasteiger partial charge in [-0.2, -0.15) is 0 Å². The van der Waals surface area contributed by atoms with E-state index >= 15 is 0 Å². The van der Waals surface area contributed by atoms with Gasteiger partial charge in [0.15, 0.2) is 0 Å². The molecule has 0 fully saturated rings. The summed E-state index contributed by atoms with van der Waals surface area (Å²) in [5.74, 6) is 2.84. The number of methoxy groups -OCH3 is 1. The number of nitrogens with one attached hydrogen (secondary N) is 6. The van der Waals surface area contributed by atoms with Gasteiger partial charge < -0.3 is 30.1 Å². The number of amidine groups is 2. The third-order valence-electron chi connectivity index (χ3n) is 7.19. The summed E-state index contributed by atoms with van der Waals surface area (Å²) in [6.45, 7) is 0. The summed E-state index contributed by atoms with van der Waals surface area (Å²) in [6, 6.07) is 29.8. The Morgan fingerprint density at radius 2 is 1.20 bits per heavy atom. The Kier molecular flexibility index (Phi) is 6.65. The molecular formula is C33H30N6O2. The fourth-order valence-corrected chi connectivity index (χ4v) is 4.95. The molecule has 0 spiro atoms. The zero-order chi connectivity index (χ0) is 28.5. The van der Waals surface area contributed by atoms with Crippen molar-refractivity contribution in [3.63, 3.8) is 0 Å². The Morgan fingerprint density at radius 3 is 1.78 bits per heavy atom. The first-order chi connectivity index (χ1) is 19.9. The maximum absolute atomic E-state index is 8.04. The van der Waals surface area contributed by atoms with Gasteiger partial charge in [0, 0.05) is 64.4 Å². The van der Waals surface area contributed by atoms with E-state index in [1.165, 1.54) is 0 Å². The Hall–Kier alpha value is -5.50. The smallest absolute Gasteiger partial charge is 0.131 e. The van der Waals surface area contributed by atoms with E-state index in [0.717, 1.165) is 61.2 Å². The van der Waals surface area contributed by atoms with Crippen molar-refractivity contribution in [1.29, 1.82) is 10.8 Å². The van der Waals surface area contributed by atoms with E-state index in [1.807, 2.05) is 78.9 Å². The maximum atomic E-state index is 8.04. The zero-order valence-corrected chi connectivity index (χ0v) is 23.0. The fraction of sp³-hybridized carbons (Fsp3) is 0.0909. The molecule has 0 unspecified atom stereocenters. The molecule has 0 aliphatic carbocycles. The van der Waals surface area contributed by atoms with E-state index in [2.05, 4.69) is 32.7 Å². The Labute approximate surface area is 237 Å². The number of H-pyrrole nitrogens is 2. The van der Waals surface area contributed by atoms with Crippen molar-refractivity contribution in [3.8, 4) is 39.8 Å². The van der Waals surface area contributed by atoms with Crippen LogP contribution in [0.5, 0.6) is 17.2 Å². The number of aromatic amines is 2. The molecule has 4 aromatic carbocycles. The van der Waals surface area contributed by atoms with Gasteiger partial charge in [-0.05, 0) is 66.2 Å². The normalized spacial score (nSPS) is 11.0. The van der Waals surface area contributed by atoms with Crippen LogP contribution >= 0.6 is 0 Å². The van der Waals surface area contributed by atoms with Crippen LogP contribution in [0.2, 0.25) is 0 Å². The largest absolute Gasteiger partial charge is 0.496 e. The van der Waals surface area contributed by atoms with Crippen molar-refractivity contribution in [2.75, 3.05) is 21.2 Å².